The van der Waals surface area contributed by atoms with Crippen molar-refractivity contribution in [1.29, 1.82) is 5.26 Å². The first-order valence-electron chi connectivity index (χ1n) is 7.75. The lowest BCUT2D eigenvalue weighted by Crippen LogP contribution is -2.42. The van der Waals surface area contributed by atoms with Gasteiger partial charge in [-0.3, -0.25) is 4.79 Å². The summed E-state index contributed by atoms with van der Waals surface area (Å²) in [7, 11) is 1.54. The molecule has 0 aromatic heterocycles. The van der Waals surface area contributed by atoms with Gasteiger partial charge in [0.05, 0.1) is 12.7 Å². The summed E-state index contributed by atoms with van der Waals surface area (Å²) in [4.78, 5) is 23.8. The number of hydrogen-bond donors (Lipinski definition) is 2. The Bertz CT molecular complexity index is 389. The second-order valence-electron chi connectivity index (χ2n) is 5.43. The van der Waals surface area contributed by atoms with Gasteiger partial charge < -0.3 is 20.1 Å². The Balaban J connectivity index is 2.50. The van der Waals surface area contributed by atoms with Gasteiger partial charge in [0.15, 0.2) is 6.10 Å². The van der Waals surface area contributed by atoms with Crippen molar-refractivity contribution < 1.29 is 19.1 Å². The predicted octanol–water partition coefficient (Wildman–Crippen LogP) is 1.34. The molecule has 0 bridgehead atoms. The highest BCUT2D eigenvalue weighted by Gasteiger charge is 2.27. The molecular formula is C15H25N3O4. The molecule has 0 aromatic carbocycles. The number of rotatable bonds is 8. The van der Waals surface area contributed by atoms with E-state index in [-0.39, 0.29) is 6.54 Å². The number of nitriles is 1. The molecule has 0 spiro atoms. The van der Waals surface area contributed by atoms with Crippen LogP contribution < -0.4 is 10.6 Å². The zero-order valence-electron chi connectivity index (χ0n) is 13.1. The number of amides is 2. The van der Waals surface area contributed by atoms with Crippen molar-refractivity contribution in [2.75, 3.05) is 26.8 Å². The monoisotopic (exact) mass is 311 g/mol. The van der Waals surface area contributed by atoms with Crippen LogP contribution in [0.15, 0.2) is 0 Å². The number of nitrogens with zero attached hydrogens (tertiary/aromatic N) is 1. The zero-order valence-corrected chi connectivity index (χ0v) is 13.1. The Morgan fingerprint density at radius 3 is 2.64 bits per heavy atom. The number of alkyl carbamates (subject to hydrolysis) is 1. The molecule has 124 valence electrons. The zero-order chi connectivity index (χ0) is 16.2. The van der Waals surface area contributed by atoms with E-state index in [1.807, 2.05) is 6.07 Å². The standard InChI is InChI=1S/C15H25N3O4/c1-21-10-9-18-15(20)22-13(14(19)17-8-7-16)11-12-5-3-2-4-6-12/h12-13H,2-6,8-11H2,1H3,(H,17,19)(H,18,20). The summed E-state index contributed by atoms with van der Waals surface area (Å²) in [5, 5.41) is 13.5. The summed E-state index contributed by atoms with van der Waals surface area (Å²) >= 11 is 0. The molecule has 1 unspecified atom stereocenters. The van der Waals surface area contributed by atoms with E-state index in [0.29, 0.717) is 25.5 Å². The molecule has 1 aliphatic carbocycles. The van der Waals surface area contributed by atoms with Crippen molar-refractivity contribution in [2.45, 2.75) is 44.6 Å². The summed E-state index contributed by atoms with van der Waals surface area (Å²) < 4.78 is 10.1. The van der Waals surface area contributed by atoms with E-state index in [9.17, 15) is 9.59 Å². The van der Waals surface area contributed by atoms with Crippen LogP contribution in [-0.2, 0) is 14.3 Å². The average Bonchev–Trinajstić information content (AvgIpc) is 2.53. The highest BCUT2D eigenvalue weighted by Crippen LogP contribution is 2.28. The molecule has 1 fully saturated rings. The van der Waals surface area contributed by atoms with Gasteiger partial charge in [-0.2, -0.15) is 5.26 Å². The smallest absolute Gasteiger partial charge is 0.408 e. The molecule has 0 radical (unpaired) electrons. The van der Waals surface area contributed by atoms with Crippen LogP contribution in [0.4, 0.5) is 4.79 Å². The normalized spacial score (nSPS) is 16.4. The van der Waals surface area contributed by atoms with E-state index in [1.54, 1.807) is 0 Å². The lowest BCUT2D eigenvalue weighted by atomic mass is 9.85. The van der Waals surface area contributed by atoms with Gasteiger partial charge in [0.25, 0.3) is 5.91 Å². The topological polar surface area (TPSA) is 100 Å². The fourth-order valence-corrected chi connectivity index (χ4v) is 2.60. The Morgan fingerprint density at radius 2 is 2.00 bits per heavy atom. The molecule has 0 heterocycles. The highest BCUT2D eigenvalue weighted by molar-refractivity contribution is 5.83. The molecule has 0 aromatic rings. The molecule has 1 saturated carbocycles. The quantitative estimate of drug-likeness (QED) is 0.520. The van der Waals surface area contributed by atoms with Crippen LogP contribution in [0.25, 0.3) is 0 Å². The van der Waals surface area contributed by atoms with Gasteiger partial charge in [-0.05, 0) is 12.3 Å². The van der Waals surface area contributed by atoms with Gasteiger partial charge in [-0.15, -0.1) is 0 Å². The van der Waals surface area contributed by atoms with Gasteiger partial charge in [0, 0.05) is 13.7 Å². The van der Waals surface area contributed by atoms with Gasteiger partial charge in [0.2, 0.25) is 0 Å². The summed E-state index contributed by atoms with van der Waals surface area (Å²) in [6, 6.07) is 1.85. The molecule has 1 atom stereocenters. The van der Waals surface area contributed by atoms with Crippen LogP contribution in [0.5, 0.6) is 0 Å². The lowest BCUT2D eigenvalue weighted by Gasteiger charge is -2.25. The highest BCUT2D eigenvalue weighted by atomic mass is 16.6. The second kappa shape index (κ2) is 10.9. The Labute approximate surface area is 131 Å². The minimum absolute atomic E-state index is 0.0886. The van der Waals surface area contributed by atoms with E-state index < -0.39 is 18.1 Å². The molecule has 2 N–H and O–H groups in total. The van der Waals surface area contributed by atoms with Crippen molar-refractivity contribution >= 4 is 12.0 Å². The van der Waals surface area contributed by atoms with Gasteiger partial charge in [0.1, 0.15) is 6.54 Å². The maximum atomic E-state index is 12.0. The summed E-state index contributed by atoms with van der Waals surface area (Å²) in [6.07, 6.45) is 4.65. The molecule has 1 rings (SSSR count). The molecule has 7 nitrogen and oxygen atoms in total. The van der Waals surface area contributed by atoms with Crippen LogP contribution in [0.2, 0.25) is 0 Å². The van der Waals surface area contributed by atoms with E-state index >= 15 is 0 Å². The van der Waals surface area contributed by atoms with Crippen molar-refractivity contribution in [3.05, 3.63) is 0 Å². The van der Waals surface area contributed by atoms with Crippen molar-refractivity contribution in [1.82, 2.24) is 10.6 Å². The third kappa shape index (κ3) is 7.27. The molecular weight excluding hydrogens is 286 g/mol. The Morgan fingerprint density at radius 1 is 1.27 bits per heavy atom. The minimum atomic E-state index is -0.848. The average molecular weight is 311 g/mol. The minimum Gasteiger partial charge on any atom is -0.436 e. The fourth-order valence-electron chi connectivity index (χ4n) is 2.60. The van der Waals surface area contributed by atoms with Crippen LogP contribution in [0, 0.1) is 17.2 Å². The van der Waals surface area contributed by atoms with Crippen molar-refractivity contribution in [2.24, 2.45) is 5.92 Å². The number of ether oxygens (including phenoxy) is 2. The molecule has 7 heteroatoms. The van der Waals surface area contributed by atoms with E-state index in [1.165, 1.54) is 13.5 Å². The fraction of sp³-hybridized carbons (Fsp3) is 0.800. The number of hydrogen-bond acceptors (Lipinski definition) is 5. The summed E-state index contributed by atoms with van der Waals surface area (Å²) in [5.41, 5.74) is 0. The van der Waals surface area contributed by atoms with Crippen molar-refractivity contribution in [3.8, 4) is 6.07 Å². The first kappa shape index (κ1) is 18.2. The van der Waals surface area contributed by atoms with Gasteiger partial charge in [-0.1, -0.05) is 32.1 Å². The molecule has 2 amide bonds. The van der Waals surface area contributed by atoms with Crippen LogP contribution >= 0.6 is 0 Å². The third-order valence-electron chi connectivity index (χ3n) is 3.73. The van der Waals surface area contributed by atoms with Crippen LogP contribution in [0.1, 0.15) is 38.5 Å². The number of nitrogens with one attached hydrogen (secondary N) is 2. The predicted molar refractivity (Wildman–Crippen MR) is 80.0 cm³/mol. The SMILES string of the molecule is COCCNC(=O)OC(CC1CCCCC1)C(=O)NCC#N. The molecule has 0 saturated heterocycles. The number of methoxy groups -OCH3 is 1. The third-order valence-corrected chi connectivity index (χ3v) is 3.73. The number of carbonyl (C=O) groups excluding carboxylic acids is 2. The molecule has 0 aliphatic heterocycles. The summed E-state index contributed by atoms with van der Waals surface area (Å²) in [6.45, 7) is 0.614. The van der Waals surface area contributed by atoms with Gasteiger partial charge >= 0.3 is 6.09 Å². The van der Waals surface area contributed by atoms with E-state index in [4.69, 9.17) is 14.7 Å². The Hall–Kier alpha value is -1.81. The van der Waals surface area contributed by atoms with Crippen LogP contribution in [0.3, 0.4) is 0 Å². The molecule has 1 aliphatic rings. The van der Waals surface area contributed by atoms with E-state index in [2.05, 4.69) is 10.6 Å². The summed E-state index contributed by atoms with van der Waals surface area (Å²) in [5.74, 6) is -0.0209. The second-order valence-corrected chi connectivity index (χ2v) is 5.43. The largest absolute Gasteiger partial charge is 0.436 e. The Kier molecular flexibility index (Phi) is 9.00. The first-order valence-corrected chi connectivity index (χ1v) is 7.75. The van der Waals surface area contributed by atoms with Crippen molar-refractivity contribution in [3.63, 3.8) is 0 Å². The maximum absolute atomic E-state index is 12.0. The molecule has 22 heavy (non-hydrogen) atoms. The lowest BCUT2D eigenvalue weighted by molar-refractivity contribution is -0.130. The van der Waals surface area contributed by atoms with Gasteiger partial charge in [-0.25, -0.2) is 4.79 Å². The number of carbonyl (C=O) groups is 2. The van der Waals surface area contributed by atoms with Crippen LogP contribution in [-0.4, -0.2) is 44.9 Å². The van der Waals surface area contributed by atoms with E-state index in [0.717, 1.165) is 25.7 Å². The first-order chi connectivity index (χ1) is 10.7. The maximum Gasteiger partial charge on any atom is 0.408 e.